The van der Waals surface area contributed by atoms with Gasteiger partial charge in [-0.3, -0.25) is 0 Å². The minimum atomic E-state index is 0.308. The van der Waals surface area contributed by atoms with Crippen LogP contribution in [0.2, 0.25) is 0 Å². The van der Waals surface area contributed by atoms with Crippen molar-refractivity contribution in [1.29, 1.82) is 0 Å². The van der Waals surface area contributed by atoms with Crippen LogP contribution in [-0.2, 0) is 13.1 Å². The van der Waals surface area contributed by atoms with Crippen LogP contribution in [0.3, 0.4) is 0 Å². The van der Waals surface area contributed by atoms with E-state index in [2.05, 4.69) is 47.2 Å². The molecule has 2 rings (SSSR count). The summed E-state index contributed by atoms with van der Waals surface area (Å²) in [7, 11) is 8.39. The first-order chi connectivity index (χ1) is 10.4. The molecule has 0 bridgehead atoms. The molecule has 0 aliphatic heterocycles. The van der Waals surface area contributed by atoms with Gasteiger partial charge in [0.25, 0.3) is 0 Å². The van der Waals surface area contributed by atoms with Crippen LogP contribution < -0.4 is 9.80 Å². The number of aromatic nitrogens is 1. The third-order valence-corrected chi connectivity index (χ3v) is 3.53. The third-order valence-electron chi connectivity index (χ3n) is 3.53. The Kier molecular flexibility index (Phi) is 5.16. The van der Waals surface area contributed by atoms with Crippen LogP contribution >= 0.6 is 0 Å². The summed E-state index contributed by atoms with van der Waals surface area (Å²) in [4.78, 5) is 7.29. The summed E-state index contributed by atoms with van der Waals surface area (Å²) in [6, 6.07) is 10.2. The normalized spacial score (nSPS) is 11.4. The summed E-state index contributed by atoms with van der Waals surface area (Å²) in [5, 5.41) is 10.6. The number of rotatable bonds is 5. The second-order valence-electron chi connectivity index (χ2n) is 6.60. The first-order valence-corrected chi connectivity index (χ1v) is 7.73. The van der Waals surface area contributed by atoms with E-state index in [-0.39, 0.29) is 0 Å². The highest BCUT2D eigenvalue weighted by atomic mass is 16.3. The van der Waals surface area contributed by atoms with E-state index in [1.807, 2.05) is 18.2 Å². The Bertz CT molecular complexity index is 634. The summed E-state index contributed by atoms with van der Waals surface area (Å²) < 4.78 is 0. The molecule has 0 radical (unpaired) electrons. The molecule has 0 fully saturated rings. The van der Waals surface area contributed by atoms with Crippen molar-refractivity contribution in [2.45, 2.75) is 20.0 Å². The van der Waals surface area contributed by atoms with Crippen LogP contribution in [0, 0.1) is 6.92 Å². The molecule has 22 heavy (non-hydrogen) atoms. The van der Waals surface area contributed by atoms with Crippen LogP contribution in [0.4, 0.5) is 0 Å². The topological polar surface area (TPSA) is 42.0 Å². The van der Waals surface area contributed by atoms with E-state index in [1.54, 1.807) is 0 Å². The number of quaternary nitrogens is 2. The Hall–Kier alpha value is -1.91. The van der Waals surface area contributed by atoms with E-state index in [0.717, 1.165) is 29.9 Å². The molecule has 0 atom stereocenters. The quantitative estimate of drug-likeness (QED) is 0.731. The van der Waals surface area contributed by atoms with Crippen LogP contribution in [0.25, 0.3) is 11.3 Å². The van der Waals surface area contributed by atoms with Gasteiger partial charge in [-0.1, -0.05) is 29.8 Å². The lowest BCUT2D eigenvalue weighted by Gasteiger charge is -2.15. The summed E-state index contributed by atoms with van der Waals surface area (Å²) in [6.45, 7) is 3.68. The average Bonchev–Trinajstić information content (AvgIpc) is 2.42. The fourth-order valence-corrected chi connectivity index (χ4v) is 2.53. The molecule has 118 valence electrons. The molecule has 0 aliphatic carbocycles. The molecular formula is C18H27N3O+2. The zero-order chi connectivity index (χ0) is 16.3. The second-order valence-corrected chi connectivity index (χ2v) is 6.60. The largest absolute Gasteiger partial charge is 0.505 e. The highest BCUT2D eigenvalue weighted by Gasteiger charge is 2.16. The van der Waals surface area contributed by atoms with Gasteiger partial charge in [0, 0.05) is 5.56 Å². The van der Waals surface area contributed by atoms with E-state index in [4.69, 9.17) is 4.98 Å². The average molecular weight is 301 g/mol. The van der Waals surface area contributed by atoms with E-state index < -0.39 is 0 Å². The highest BCUT2D eigenvalue weighted by Crippen LogP contribution is 2.31. The lowest BCUT2D eigenvalue weighted by Crippen LogP contribution is -3.04. The number of hydrogen-bond acceptors (Lipinski definition) is 2. The van der Waals surface area contributed by atoms with Gasteiger partial charge in [0.1, 0.15) is 18.8 Å². The molecule has 4 nitrogen and oxygen atoms in total. The van der Waals surface area contributed by atoms with Crippen molar-refractivity contribution in [3.63, 3.8) is 0 Å². The van der Waals surface area contributed by atoms with Gasteiger partial charge >= 0.3 is 0 Å². The Morgan fingerprint density at radius 2 is 1.55 bits per heavy atom. The Morgan fingerprint density at radius 1 is 0.955 bits per heavy atom. The van der Waals surface area contributed by atoms with Gasteiger partial charge in [-0.15, -0.1) is 0 Å². The molecule has 0 aliphatic rings. The van der Waals surface area contributed by atoms with Crippen molar-refractivity contribution in [1.82, 2.24) is 4.98 Å². The lowest BCUT2D eigenvalue weighted by atomic mass is 10.0. The van der Waals surface area contributed by atoms with E-state index in [9.17, 15) is 5.11 Å². The number of aromatic hydroxyl groups is 1. The Labute approximate surface area is 133 Å². The number of nitrogens with one attached hydrogen (secondary N) is 2. The van der Waals surface area contributed by atoms with Crippen molar-refractivity contribution < 1.29 is 14.9 Å². The summed E-state index contributed by atoms with van der Waals surface area (Å²) >= 11 is 0. The molecule has 4 heteroatoms. The Morgan fingerprint density at radius 3 is 2.09 bits per heavy atom. The molecule has 1 aromatic heterocycles. The molecule has 0 saturated heterocycles. The molecule has 2 aromatic rings. The van der Waals surface area contributed by atoms with Gasteiger partial charge in [-0.25, -0.2) is 4.98 Å². The molecule has 3 N–H and O–H groups in total. The van der Waals surface area contributed by atoms with Crippen molar-refractivity contribution in [2.75, 3.05) is 28.2 Å². The first kappa shape index (κ1) is 16.5. The molecular weight excluding hydrogens is 274 g/mol. The number of aryl methyl sites for hydroxylation is 1. The monoisotopic (exact) mass is 301 g/mol. The van der Waals surface area contributed by atoms with Crippen molar-refractivity contribution in [2.24, 2.45) is 0 Å². The van der Waals surface area contributed by atoms with Crippen molar-refractivity contribution in [3.05, 3.63) is 47.2 Å². The first-order valence-electron chi connectivity index (χ1n) is 7.73. The smallest absolute Gasteiger partial charge is 0.150 e. The fraction of sp³-hybridized carbons (Fsp3) is 0.389. The molecule has 1 heterocycles. The predicted molar refractivity (Wildman–Crippen MR) is 89.1 cm³/mol. The summed E-state index contributed by atoms with van der Waals surface area (Å²) in [5.41, 5.74) is 4.84. The van der Waals surface area contributed by atoms with Crippen LogP contribution in [0.15, 0.2) is 30.3 Å². The van der Waals surface area contributed by atoms with Gasteiger partial charge in [-0.05, 0) is 13.0 Å². The summed E-state index contributed by atoms with van der Waals surface area (Å²) in [5.74, 6) is 0.308. The van der Waals surface area contributed by atoms with E-state index in [0.29, 0.717) is 11.4 Å². The fourth-order valence-electron chi connectivity index (χ4n) is 2.53. The second kappa shape index (κ2) is 6.90. The minimum Gasteiger partial charge on any atom is -0.505 e. The minimum absolute atomic E-state index is 0.308. The highest BCUT2D eigenvalue weighted by molar-refractivity contribution is 5.68. The van der Waals surface area contributed by atoms with Gasteiger partial charge in [0.15, 0.2) is 5.75 Å². The van der Waals surface area contributed by atoms with Gasteiger partial charge in [-0.2, -0.15) is 0 Å². The van der Waals surface area contributed by atoms with Crippen molar-refractivity contribution in [3.8, 4) is 17.0 Å². The zero-order valence-electron chi connectivity index (χ0n) is 14.2. The zero-order valence-corrected chi connectivity index (χ0v) is 14.2. The maximum atomic E-state index is 10.6. The standard InChI is InChI=1S/C18H25N3O/c1-13-6-8-14(9-7-13)17-18(22)15(11-20(2)3)10-16(19-17)12-21(4)5/h6-10,22H,11-12H2,1-5H3/p+2. The number of nitrogens with zero attached hydrogens (tertiary/aromatic N) is 1. The maximum Gasteiger partial charge on any atom is 0.150 e. The van der Waals surface area contributed by atoms with Crippen LogP contribution in [-0.4, -0.2) is 38.3 Å². The molecule has 0 spiro atoms. The van der Waals surface area contributed by atoms with Gasteiger partial charge < -0.3 is 14.9 Å². The predicted octanol–water partition coefficient (Wildman–Crippen LogP) is 0.0516. The lowest BCUT2D eigenvalue weighted by molar-refractivity contribution is -0.873. The van der Waals surface area contributed by atoms with Crippen molar-refractivity contribution >= 4 is 0 Å². The van der Waals surface area contributed by atoms with E-state index in [1.165, 1.54) is 15.4 Å². The summed E-state index contributed by atoms with van der Waals surface area (Å²) in [6.07, 6.45) is 0. The number of benzene rings is 1. The molecule has 0 unspecified atom stereocenters. The SMILES string of the molecule is Cc1ccc(-c2nc(C[NH+](C)C)cc(C[NH+](C)C)c2O)cc1. The van der Waals surface area contributed by atoms with Gasteiger partial charge in [0.2, 0.25) is 0 Å². The van der Waals surface area contributed by atoms with E-state index >= 15 is 0 Å². The maximum absolute atomic E-state index is 10.6. The number of pyridine rings is 1. The molecule has 1 aromatic carbocycles. The van der Waals surface area contributed by atoms with Crippen LogP contribution in [0.1, 0.15) is 16.8 Å². The molecule has 0 amide bonds. The van der Waals surface area contributed by atoms with Crippen LogP contribution in [0.5, 0.6) is 5.75 Å². The molecule has 0 saturated carbocycles. The van der Waals surface area contributed by atoms with Gasteiger partial charge in [0.05, 0.1) is 39.4 Å². The number of hydrogen-bond donors (Lipinski definition) is 3. The Balaban J connectivity index is 2.52. The third kappa shape index (κ3) is 4.06.